The average molecular weight is 258 g/mol. The first-order valence-corrected chi connectivity index (χ1v) is 6.35. The van der Waals surface area contributed by atoms with E-state index in [0.717, 1.165) is 32.1 Å². The molecule has 6 nitrogen and oxygen atoms in total. The average Bonchev–Trinajstić information content (AvgIpc) is 2.59. The molecule has 0 aromatic heterocycles. The molecule has 0 radical (unpaired) electrons. The lowest BCUT2D eigenvalue weighted by Crippen LogP contribution is -2.45. The summed E-state index contributed by atoms with van der Waals surface area (Å²) >= 11 is 0. The predicted molar refractivity (Wildman–Crippen MR) is 65.6 cm³/mol. The summed E-state index contributed by atoms with van der Waals surface area (Å²) in [5.74, 6) is -1.16. The van der Waals surface area contributed by atoms with Crippen molar-refractivity contribution in [3.63, 3.8) is 0 Å². The van der Waals surface area contributed by atoms with Crippen LogP contribution in [0.2, 0.25) is 0 Å². The lowest BCUT2D eigenvalue weighted by Gasteiger charge is -2.21. The highest BCUT2D eigenvalue weighted by Crippen LogP contribution is 2.22. The Morgan fingerprint density at radius 1 is 1.39 bits per heavy atom. The molecule has 0 aromatic rings. The Bertz CT molecular complexity index is 296. The fourth-order valence-corrected chi connectivity index (χ4v) is 2.21. The minimum atomic E-state index is -1.32. The number of aliphatic hydroxyl groups is 1. The van der Waals surface area contributed by atoms with Crippen LogP contribution in [-0.2, 0) is 14.3 Å². The van der Waals surface area contributed by atoms with Crippen LogP contribution in [0, 0.1) is 5.92 Å². The second kappa shape index (κ2) is 7.33. The number of rotatable bonds is 4. The van der Waals surface area contributed by atoms with E-state index in [0.29, 0.717) is 0 Å². The molecule has 0 bridgehead atoms. The molecule has 3 unspecified atom stereocenters. The Labute approximate surface area is 107 Å². The lowest BCUT2D eigenvalue weighted by molar-refractivity contribution is -0.150. The standard InChI is InChI=1S/C12H22N2O4/c1-18-12(17)10(15)7-14-11(16)8-5-3-2-4-6-9(8)13/h8-10,15H,2-7,13H2,1H3,(H,14,16). The third kappa shape index (κ3) is 4.27. The number of carbonyl (C=O) groups excluding carboxylic acids is 2. The highest BCUT2D eigenvalue weighted by Gasteiger charge is 2.27. The zero-order valence-electron chi connectivity index (χ0n) is 10.7. The monoisotopic (exact) mass is 258 g/mol. The minimum absolute atomic E-state index is 0.130. The van der Waals surface area contributed by atoms with Crippen LogP contribution in [0.4, 0.5) is 0 Å². The van der Waals surface area contributed by atoms with Crippen molar-refractivity contribution in [1.29, 1.82) is 0 Å². The van der Waals surface area contributed by atoms with Gasteiger partial charge in [-0.05, 0) is 12.8 Å². The van der Waals surface area contributed by atoms with Crippen LogP contribution in [0.5, 0.6) is 0 Å². The Morgan fingerprint density at radius 3 is 2.72 bits per heavy atom. The first-order chi connectivity index (χ1) is 8.56. The van der Waals surface area contributed by atoms with E-state index in [1.807, 2.05) is 0 Å². The highest BCUT2D eigenvalue weighted by molar-refractivity contribution is 5.81. The van der Waals surface area contributed by atoms with Crippen molar-refractivity contribution < 1.29 is 19.4 Å². The number of hydrogen-bond donors (Lipinski definition) is 3. The molecule has 1 aliphatic rings. The van der Waals surface area contributed by atoms with E-state index in [1.54, 1.807) is 0 Å². The zero-order chi connectivity index (χ0) is 13.5. The van der Waals surface area contributed by atoms with Gasteiger partial charge in [-0.3, -0.25) is 4.79 Å². The summed E-state index contributed by atoms with van der Waals surface area (Å²) in [5.41, 5.74) is 5.96. The van der Waals surface area contributed by atoms with Gasteiger partial charge in [-0.2, -0.15) is 0 Å². The summed E-state index contributed by atoms with van der Waals surface area (Å²) < 4.78 is 4.37. The van der Waals surface area contributed by atoms with Gasteiger partial charge in [0.1, 0.15) is 0 Å². The lowest BCUT2D eigenvalue weighted by atomic mass is 9.94. The van der Waals surface area contributed by atoms with Gasteiger partial charge < -0.3 is 20.9 Å². The number of aliphatic hydroxyl groups excluding tert-OH is 1. The normalized spacial score (nSPS) is 25.9. The molecule has 1 rings (SSSR count). The molecule has 18 heavy (non-hydrogen) atoms. The minimum Gasteiger partial charge on any atom is -0.467 e. The van der Waals surface area contributed by atoms with Crippen molar-refractivity contribution in [2.45, 2.75) is 44.2 Å². The summed E-state index contributed by atoms with van der Waals surface area (Å²) in [6, 6.07) is -0.136. The van der Waals surface area contributed by atoms with E-state index >= 15 is 0 Å². The number of carbonyl (C=O) groups is 2. The van der Waals surface area contributed by atoms with E-state index < -0.39 is 12.1 Å². The molecule has 4 N–H and O–H groups in total. The molecular weight excluding hydrogens is 236 g/mol. The summed E-state index contributed by atoms with van der Waals surface area (Å²) in [6.07, 6.45) is 3.43. The second-order valence-corrected chi connectivity index (χ2v) is 4.69. The van der Waals surface area contributed by atoms with Crippen molar-refractivity contribution in [3.8, 4) is 0 Å². The third-order valence-electron chi connectivity index (χ3n) is 3.35. The summed E-state index contributed by atoms with van der Waals surface area (Å²) in [4.78, 5) is 22.9. The quantitative estimate of drug-likeness (QED) is 0.468. The van der Waals surface area contributed by atoms with Gasteiger partial charge in [0, 0.05) is 6.04 Å². The number of hydrogen-bond acceptors (Lipinski definition) is 5. The van der Waals surface area contributed by atoms with Gasteiger partial charge in [-0.25, -0.2) is 4.79 Å². The second-order valence-electron chi connectivity index (χ2n) is 4.69. The molecule has 3 atom stereocenters. The number of methoxy groups -OCH3 is 1. The fourth-order valence-electron chi connectivity index (χ4n) is 2.21. The SMILES string of the molecule is COC(=O)C(O)CNC(=O)C1CCCCCC1N. The van der Waals surface area contributed by atoms with Gasteiger partial charge in [0.25, 0.3) is 0 Å². The van der Waals surface area contributed by atoms with Gasteiger partial charge in [-0.1, -0.05) is 19.3 Å². The molecule has 0 aliphatic heterocycles. The van der Waals surface area contributed by atoms with Crippen molar-refractivity contribution in [1.82, 2.24) is 5.32 Å². The van der Waals surface area contributed by atoms with Crippen LogP contribution < -0.4 is 11.1 Å². The summed E-state index contributed by atoms with van der Waals surface area (Å²) in [7, 11) is 1.19. The summed E-state index contributed by atoms with van der Waals surface area (Å²) in [5, 5.41) is 11.9. The third-order valence-corrected chi connectivity index (χ3v) is 3.35. The van der Waals surface area contributed by atoms with Crippen molar-refractivity contribution in [3.05, 3.63) is 0 Å². The maximum atomic E-state index is 11.9. The molecular formula is C12H22N2O4. The number of esters is 1. The van der Waals surface area contributed by atoms with E-state index in [-0.39, 0.29) is 24.4 Å². The van der Waals surface area contributed by atoms with Gasteiger partial charge >= 0.3 is 5.97 Å². The molecule has 1 aliphatic carbocycles. The first kappa shape index (κ1) is 14.9. The Morgan fingerprint density at radius 2 is 2.06 bits per heavy atom. The topological polar surface area (TPSA) is 102 Å². The van der Waals surface area contributed by atoms with Crippen LogP contribution in [0.3, 0.4) is 0 Å². The van der Waals surface area contributed by atoms with Gasteiger partial charge in [-0.15, -0.1) is 0 Å². The Kier molecular flexibility index (Phi) is 6.07. The molecule has 1 amide bonds. The number of nitrogens with one attached hydrogen (secondary N) is 1. The van der Waals surface area contributed by atoms with E-state index in [2.05, 4.69) is 10.1 Å². The Hall–Kier alpha value is -1.14. The predicted octanol–water partition coefficient (Wildman–Crippen LogP) is -0.456. The molecule has 0 heterocycles. The van der Waals surface area contributed by atoms with Crippen molar-refractivity contribution >= 4 is 11.9 Å². The fraction of sp³-hybridized carbons (Fsp3) is 0.833. The van der Waals surface area contributed by atoms with Crippen molar-refractivity contribution in [2.24, 2.45) is 11.7 Å². The molecule has 1 fully saturated rings. The van der Waals surface area contributed by atoms with Crippen LogP contribution in [0.25, 0.3) is 0 Å². The van der Waals surface area contributed by atoms with Crippen LogP contribution in [0.1, 0.15) is 32.1 Å². The van der Waals surface area contributed by atoms with Crippen LogP contribution >= 0.6 is 0 Å². The first-order valence-electron chi connectivity index (χ1n) is 6.35. The Balaban J connectivity index is 2.41. The number of ether oxygens (including phenoxy) is 1. The summed E-state index contributed by atoms with van der Waals surface area (Å²) in [6.45, 7) is -0.130. The van der Waals surface area contributed by atoms with E-state index in [1.165, 1.54) is 7.11 Å². The highest BCUT2D eigenvalue weighted by atomic mass is 16.5. The van der Waals surface area contributed by atoms with Gasteiger partial charge in [0.05, 0.1) is 19.6 Å². The molecule has 0 aromatic carbocycles. The molecule has 104 valence electrons. The molecule has 0 saturated heterocycles. The molecule has 6 heteroatoms. The van der Waals surface area contributed by atoms with Crippen LogP contribution in [-0.4, -0.2) is 42.8 Å². The zero-order valence-corrected chi connectivity index (χ0v) is 10.7. The van der Waals surface area contributed by atoms with Crippen molar-refractivity contribution in [2.75, 3.05) is 13.7 Å². The van der Waals surface area contributed by atoms with E-state index in [9.17, 15) is 14.7 Å². The maximum Gasteiger partial charge on any atom is 0.336 e. The van der Waals surface area contributed by atoms with Gasteiger partial charge in [0.2, 0.25) is 5.91 Å². The van der Waals surface area contributed by atoms with E-state index in [4.69, 9.17) is 5.73 Å². The molecule has 1 saturated carbocycles. The van der Waals surface area contributed by atoms with Gasteiger partial charge in [0.15, 0.2) is 6.10 Å². The largest absolute Gasteiger partial charge is 0.467 e. The number of nitrogens with two attached hydrogens (primary N) is 1. The smallest absolute Gasteiger partial charge is 0.336 e. The molecule has 0 spiro atoms. The maximum absolute atomic E-state index is 11.9. The number of amides is 1. The van der Waals surface area contributed by atoms with Crippen LogP contribution in [0.15, 0.2) is 0 Å².